The van der Waals surface area contributed by atoms with Crippen molar-refractivity contribution in [3.05, 3.63) is 47.1 Å². The van der Waals surface area contributed by atoms with E-state index >= 15 is 0 Å². The number of aromatic nitrogens is 4. The Morgan fingerprint density at radius 1 is 1.20 bits per heavy atom. The summed E-state index contributed by atoms with van der Waals surface area (Å²) in [6.45, 7) is 5.27. The minimum absolute atomic E-state index is 0.121. The standard InChI is InChI=1S/C19H21BrFN7O2/c1-19(2,3)30-18(29)25-11-5-6-14(21)15(7-11)26-16-13(20)9-22-17(27-16)24-12-8-23-28(4)10-12/h5-10H,1-4H3,(H,25,29)(H2,22,24,26,27). The summed E-state index contributed by atoms with van der Waals surface area (Å²) in [5.74, 6) is 0.124. The highest BCUT2D eigenvalue weighted by molar-refractivity contribution is 9.10. The highest BCUT2D eigenvalue weighted by Crippen LogP contribution is 2.28. The van der Waals surface area contributed by atoms with E-state index < -0.39 is 17.5 Å². The first-order chi connectivity index (χ1) is 14.1. The van der Waals surface area contributed by atoms with E-state index in [2.05, 4.69) is 46.9 Å². The third-order valence-corrected chi connectivity index (χ3v) is 4.15. The van der Waals surface area contributed by atoms with Crippen LogP contribution in [0.5, 0.6) is 0 Å². The molecule has 3 rings (SSSR count). The molecule has 0 unspecified atom stereocenters. The number of amides is 1. The van der Waals surface area contributed by atoms with Gasteiger partial charge in [-0.15, -0.1) is 0 Å². The molecule has 1 aromatic carbocycles. The van der Waals surface area contributed by atoms with Crippen LogP contribution < -0.4 is 16.0 Å². The summed E-state index contributed by atoms with van der Waals surface area (Å²) in [5, 5.41) is 12.6. The van der Waals surface area contributed by atoms with Gasteiger partial charge in [0.25, 0.3) is 0 Å². The molecule has 0 atom stereocenters. The third kappa shape index (κ3) is 5.89. The van der Waals surface area contributed by atoms with Gasteiger partial charge in [-0.25, -0.2) is 14.2 Å². The van der Waals surface area contributed by atoms with E-state index in [1.54, 1.807) is 44.9 Å². The lowest BCUT2D eigenvalue weighted by Gasteiger charge is -2.20. The Morgan fingerprint density at radius 2 is 1.97 bits per heavy atom. The van der Waals surface area contributed by atoms with Crippen LogP contribution in [-0.2, 0) is 11.8 Å². The summed E-state index contributed by atoms with van der Waals surface area (Å²) >= 11 is 3.35. The van der Waals surface area contributed by atoms with Gasteiger partial charge in [-0.3, -0.25) is 10.00 Å². The van der Waals surface area contributed by atoms with Crippen molar-refractivity contribution in [2.75, 3.05) is 16.0 Å². The van der Waals surface area contributed by atoms with Crippen molar-refractivity contribution in [2.24, 2.45) is 7.05 Å². The van der Waals surface area contributed by atoms with Gasteiger partial charge in [0.05, 0.1) is 22.0 Å². The number of rotatable bonds is 5. The maximum atomic E-state index is 14.4. The van der Waals surface area contributed by atoms with Crippen LogP contribution in [0.25, 0.3) is 0 Å². The second-order valence-electron chi connectivity index (χ2n) is 7.36. The van der Waals surface area contributed by atoms with E-state index in [0.29, 0.717) is 27.6 Å². The first-order valence-corrected chi connectivity index (χ1v) is 9.73. The molecule has 2 aromatic heterocycles. The van der Waals surface area contributed by atoms with E-state index in [1.165, 1.54) is 24.4 Å². The molecule has 9 nitrogen and oxygen atoms in total. The molecule has 2 heterocycles. The largest absolute Gasteiger partial charge is 0.444 e. The molecule has 158 valence electrons. The normalized spacial score (nSPS) is 11.1. The first-order valence-electron chi connectivity index (χ1n) is 8.94. The molecule has 0 spiro atoms. The average Bonchev–Trinajstić information content (AvgIpc) is 3.04. The predicted molar refractivity (Wildman–Crippen MR) is 116 cm³/mol. The molecular formula is C19H21BrFN7O2. The Balaban J connectivity index is 1.78. The molecule has 1 amide bonds. The summed E-state index contributed by atoms with van der Waals surface area (Å²) in [6, 6.07) is 4.12. The van der Waals surface area contributed by atoms with Crippen LogP contribution in [0.1, 0.15) is 20.8 Å². The number of halogens is 2. The minimum atomic E-state index is -0.644. The van der Waals surface area contributed by atoms with Gasteiger partial charge < -0.3 is 15.4 Å². The second-order valence-corrected chi connectivity index (χ2v) is 8.22. The number of ether oxygens (including phenoxy) is 1. The smallest absolute Gasteiger partial charge is 0.412 e. The van der Waals surface area contributed by atoms with Crippen LogP contribution >= 0.6 is 15.9 Å². The zero-order chi connectivity index (χ0) is 21.9. The number of hydrogen-bond donors (Lipinski definition) is 3. The Labute approximate surface area is 181 Å². The molecule has 0 radical (unpaired) electrons. The number of aryl methyl sites for hydroxylation is 1. The molecule has 0 bridgehead atoms. The molecule has 0 aliphatic carbocycles. The van der Waals surface area contributed by atoms with Crippen LogP contribution in [0.15, 0.2) is 41.3 Å². The summed E-state index contributed by atoms with van der Waals surface area (Å²) in [4.78, 5) is 20.5. The highest BCUT2D eigenvalue weighted by atomic mass is 79.9. The van der Waals surface area contributed by atoms with Crippen LogP contribution in [0.3, 0.4) is 0 Å². The summed E-state index contributed by atoms with van der Waals surface area (Å²) < 4.78 is 21.7. The Kier molecular flexibility index (Phi) is 6.20. The fourth-order valence-electron chi connectivity index (χ4n) is 2.38. The lowest BCUT2D eigenvalue weighted by atomic mass is 10.2. The number of anilines is 5. The fourth-order valence-corrected chi connectivity index (χ4v) is 2.67. The third-order valence-electron chi connectivity index (χ3n) is 3.57. The van der Waals surface area contributed by atoms with E-state index in [0.717, 1.165) is 0 Å². The van der Waals surface area contributed by atoms with Gasteiger partial charge in [0.15, 0.2) is 0 Å². The molecule has 0 saturated heterocycles. The number of carbonyl (C=O) groups is 1. The molecule has 11 heteroatoms. The number of nitrogens with zero attached hydrogens (tertiary/aromatic N) is 4. The minimum Gasteiger partial charge on any atom is -0.444 e. The van der Waals surface area contributed by atoms with Crippen LogP contribution in [-0.4, -0.2) is 31.4 Å². The van der Waals surface area contributed by atoms with Gasteiger partial charge >= 0.3 is 6.09 Å². The molecule has 0 aliphatic rings. The Hall–Kier alpha value is -3.21. The zero-order valence-electron chi connectivity index (χ0n) is 16.8. The fraction of sp³-hybridized carbons (Fsp3) is 0.263. The van der Waals surface area contributed by atoms with Crippen LogP contribution in [0.2, 0.25) is 0 Å². The van der Waals surface area contributed by atoms with Gasteiger partial charge in [-0.2, -0.15) is 10.1 Å². The monoisotopic (exact) mass is 477 g/mol. The molecular weight excluding hydrogens is 457 g/mol. The van der Waals surface area contributed by atoms with Crippen LogP contribution in [0, 0.1) is 5.82 Å². The number of nitrogens with one attached hydrogen (secondary N) is 3. The lowest BCUT2D eigenvalue weighted by Crippen LogP contribution is -2.27. The quantitative estimate of drug-likeness (QED) is 0.477. The molecule has 30 heavy (non-hydrogen) atoms. The van der Waals surface area contributed by atoms with Crippen molar-refractivity contribution in [3.63, 3.8) is 0 Å². The van der Waals surface area contributed by atoms with E-state index in [1.807, 2.05) is 0 Å². The molecule has 3 N–H and O–H groups in total. The van der Waals surface area contributed by atoms with E-state index in [-0.39, 0.29) is 5.69 Å². The predicted octanol–water partition coefficient (Wildman–Crippen LogP) is 4.95. The van der Waals surface area contributed by atoms with Crippen molar-refractivity contribution < 1.29 is 13.9 Å². The Morgan fingerprint density at radius 3 is 2.63 bits per heavy atom. The number of benzene rings is 1. The highest BCUT2D eigenvalue weighted by Gasteiger charge is 2.17. The van der Waals surface area contributed by atoms with E-state index in [4.69, 9.17) is 4.74 Å². The molecule has 0 fully saturated rings. The van der Waals surface area contributed by atoms with Crippen molar-refractivity contribution in [3.8, 4) is 0 Å². The second kappa shape index (κ2) is 8.66. The summed E-state index contributed by atoms with van der Waals surface area (Å²) in [5.41, 5.74) is 0.553. The lowest BCUT2D eigenvalue weighted by molar-refractivity contribution is 0.0636. The van der Waals surface area contributed by atoms with Gasteiger partial charge in [-0.05, 0) is 54.9 Å². The van der Waals surface area contributed by atoms with Gasteiger partial charge in [0.1, 0.15) is 17.2 Å². The summed E-state index contributed by atoms with van der Waals surface area (Å²) in [7, 11) is 1.79. The van der Waals surface area contributed by atoms with Crippen molar-refractivity contribution in [2.45, 2.75) is 26.4 Å². The van der Waals surface area contributed by atoms with Crippen molar-refractivity contribution in [1.29, 1.82) is 0 Å². The molecule has 0 saturated carbocycles. The first kappa shape index (κ1) is 21.5. The Bertz CT molecular complexity index is 1070. The van der Waals surface area contributed by atoms with Gasteiger partial charge in [-0.1, -0.05) is 0 Å². The maximum absolute atomic E-state index is 14.4. The average molecular weight is 478 g/mol. The topological polar surface area (TPSA) is 106 Å². The SMILES string of the molecule is Cn1cc(Nc2ncc(Br)c(Nc3cc(NC(=O)OC(C)(C)C)ccc3F)n2)cn1. The molecule has 0 aliphatic heterocycles. The maximum Gasteiger partial charge on any atom is 0.412 e. The van der Waals surface area contributed by atoms with E-state index in [9.17, 15) is 9.18 Å². The summed E-state index contributed by atoms with van der Waals surface area (Å²) in [6.07, 6.45) is 4.30. The number of hydrogen-bond acceptors (Lipinski definition) is 7. The number of carbonyl (C=O) groups excluding carboxylic acids is 1. The van der Waals surface area contributed by atoms with Crippen molar-refractivity contribution in [1.82, 2.24) is 19.7 Å². The van der Waals surface area contributed by atoms with Gasteiger partial charge in [0, 0.05) is 25.1 Å². The van der Waals surface area contributed by atoms with Crippen molar-refractivity contribution >= 4 is 50.9 Å². The molecule has 3 aromatic rings. The van der Waals surface area contributed by atoms with Crippen LogP contribution in [0.4, 0.5) is 38.0 Å². The zero-order valence-corrected chi connectivity index (χ0v) is 18.4. The van der Waals surface area contributed by atoms with Gasteiger partial charge in [0.2, 0.25) is 5.95 Å².